The number of benzene rings is 1. The zero-order chi connectivity index (χ0) is 16.9. The minimum atomic E-state index is -1.04. The lowest BCUT2D eigenvalue weighted by Gasteiger charge is -2.24. The van der Waals surface area contributed by atoms with E-state index >= 15 is 0 Å². The quantitative estimate of drug-likeness (QED) is 0.868. The fourth-order valence-corrected chi connectivity index (χ4v) is 1.45. The summed E-state index contributed by atoms with van der Waals surface area (Å²) in [6.07, 6.45) is -2.94. The number of ether oxygens (including phenoxy) is 2. The van der Waals surface area contributed by atoms with Crippen LogP contribution in [0.4, 0.5) is 24.1 Å². The van der Waals surface area contributed by atoms with Crippen molar-refractivity contribution in [2.24, 2.45) is 0 Å². The van der Waals surface area contributed by atoms with Gasteiger partial charge in [-0.15, -0.1) is 0 Å². The van der Waals surface area contributed by atoms with Crippen LogP contribution >= 0.6 is 0 Å². The molecule has 0 aliphatic rings. The van der Waals surface area contributed by atoms with Crippen molar-refractivity contribution in [3.63, 3.8) is 0 Å². The number of hydrogen-bond donors (Lipinski definition) is 1. The molecule has 0 heterocycles. The lowest BCUT2D eigenvalue weighted by Crippen LogP contribution is -2.48. The molecular weight excluding hydrogens is 298 g/mol. The first kappa shape index (κ1) is 17.7. The van der Waals surface area contributed by atoms with Gasteiger partial charge in [0.2, 0.25) is 0 Å². The monoisotopic (exact) mass is 316 g/mol. The van der Waals surface area contributed by atoms with E-state index in [9.17, 15) is 18.4 Å². The molecule has 0 aliphatic carbocycles. The number of nitrogens with zero attached hydrogens (tertiary/aromatic N) is 1. The molecular formula is C14H18F2N2O4. The molecule has 0 spiro atoms. The van der Waals surface area contributed by atoms with Gasteiger partial charge in [0.15, 0.2) is 5.82 Å². The summed E-state index contributed by atoms with van der Waals surface area (Å²) in [6, 6.07) is 2.53. The van der Waals surface area contributed by atoms with E-state index in [1.165, 1.54) is 0 Å². The largest absolute Gasteiger partial charge is 0.446 e. The molecule has 0 aromatic heterocycles. The smallest absolute Gasteiger partial charge is 0.433 e. The van der Waals surface area contributed by atoms with E-state index < -0.39 is 36.0 Å². The summed E-state index contributed by atoms with van der Waals surface area (Å²) < 4.78 is 36.5. The average Bonchev–Trinajstić information content (AvgIpc) is 2.34. The lowest BCUT2D eigenvalue weighted by molar-refractivity contribution is 0.103. The predicted molar refractivity (Wildman–Crippen MR) is 75.2 cm³/mol. The van der Waals surface area contributed by atoms with Crippen LogP contribution in [-0.2, 0) is 9.47 Å². The predicted octanol–water partition coefficient (Wildman–Crippen LogP) is 3.37. The van der Waals surface area contributed by atoms with Crippen molar-refractivity contribution in [1.82, 2.24) is 5.43 Å². The van der Waals surface area contributed by atoms with E-state index in [4.69, 9.17) is 9.47 Å². The molecule has 0 saturated carbocycles. The fraction of sp³-hybridized carbons (Fsp3) is 0.429. The number of carbonyl (C=O) groups is 2. The first-order chi connectivity index (χ1) is 10.2. The molecule has 0 fully saturated rings. The molecule has 2 amide bonds. The molecule has 0 atom stereocenters. The molecule has 1 aromatic rings. The van der Waals surface area contributed by atoms with Gasteiger partial charge in [-0.05, 0) is 39.8 Å². The molecule has 0 radical (unpaired) electrons. The van der Waals surface area contributed by atoms with E-state index in [1.54, 1.807) is 27.7 Å². The number of anilines is 1. The minimum Gasteiger partial charge on any atom is -0.446 e. The number of amides is 2. The molecule has 1 aromatic carbocycles. The Bertz CT molecular complexity index is 550. The number of hydrogen-bond acceptors (Lipinski definition) is 4. The van der Waals surface area contributed by atoms with Gasteiger partial charge in [0.1, 0.15) is 11.5 Å². The Hall–Kier alpha value is -2.38. The van der Waals surface area contributed by atoms with Crippen molar-refractivity contribution in [2.75, 3.05) is 5.01 Å². The van der Waals surface area contributed by atoms with Crippen LogP contribution in [-0.4, -0.2) is 24.4 Å². The maximum absolute atomic E-state index is 13.8. The van der Waals surface area contributed by atoms with Gasteiger partial charge in [-0.1, -0.05) is 0 Å². The molecule has 122 valence electrons. The third-order valence-electron chi connectivity index (χ3n) is 2.22. The molecule has 6 nitrogen and oxygen atoms in total. The first-order valence-electron chi connectivity index (χ1n) is 6.63. The Morgan fingerprint density at radius 2 is 1.68 bits per heavy atom. The second kappa shape index (κ2) is 7.58. The van der Waals surface area contributed by atoms with Crippen molar-refractivity contribution in [3.05, 3.63) is 29.8 Å². The molecule has 22 heavy (non-hydrogen) atoms. The summed E-state index contributed by atoms with van der Waals surface area (Å²) in [4.78, 5) is 23.6. The van der Waals surface area contributed by atoms with Gasteiger partial charge < -0.3 is 9.47 Å². The molecule has 0 aliphatic heterocycles. The standard InChI is InChI=1S/C14H18F2N2O4/c1-8(2)21-13(19)17-18(14(20)22-9(3)4)12-6-5-10(15)7-11(12)16/h5-9H,1-4H3,(H,17,19). The van der Waals surface area contributed by atoms with Crippen molar-refractivity contribution < 1.29 is 27.8 Å². The highest BCUT2D eigenvalue weighted by Crippen LogP contribution is 2.20. The van der Waals surface area contributed by atoms with Gasteiger partial charge in [0.05, 0.1) is 12.2 Å². The van der Waals surface area contributed by atoms with Gasteiger partial charge in [-0.3, -0.25) is 0 Å². The van der Waals surface area contributed by atoms with Crippen molar-refractivity contribution in [2.45, 2.75) is 39.9 Å². The highest BCUT2D eigenvalue weighted by Gasteiger charge is 2.25. The average molecular weight is 316 g/mol. The van der Waals surface area contributed by atoms with Crippen LogP contribution in [0.25, 0.3) is 0 Å². The summed E-state index contributed by atoms with van der Waals surface area (Å²) in [6.45, 7) is 6.39. The number of nitrogens with one attached hydrogen (secondary N) is 1. The van der Waals surface area contributed by atoms with Crippen LogP contribution in [0.3, 0.4) is 0 Å². The summed E-state index contributed by atoms with van der Waals surface area (Å²) in [5, 5.41) is 0.527. The van der Waals surface area contributed by atoms with E-state index in [0.717, 1.165) is 12.1 Å². The topological polar surface area (TPSA) is 67.9 Å². The summed E-state index contributed by atoms with van der Waals surface area (Å²) >= 11 is 0. The van der Waals surface area contributed by atoms with E-state index in [1.807, 2.05) is 0 Å². The fourth-order valence-electron chi connectivity index (χ4n) is 1.45. The zero-order valence-electron chi connectivity index (χ0n) is 12.7. The third-order valence-corrected chi connectivity index (χ3v) is 2.22. The van der Waals surface area contributed by atoms with E-state index in [-0.39, 0.29) is 5.69 Å². The Morgan fingerprint density at radius 3 is 2.18 bits per heavy atom. The van der Waals surface area contributed by atoms with Crippen LogP contribution in [0.2, 0.25) is 0 Å². The number of rotatable bonds is 3. The summed E-state index contributed by atoms with van der Waals surface area (Å²) in [7, 11) is 0. The van der Waals surface area contributed by atoms with Gasteiger partial charge in [-0.25, -0.2) is 23.8 Å². The van der Waals surface area contributed by atoms with Crippen LogP contribution in [0.1, 0.15) is 27.7 Å². The maximum Gasteiger partial charge on any atom is 0.433 e. The number of hydrazine groups is 1. The summed E-state index contributed by atoms with van der Waals surface area (Å²) in [5.41, 5.74) is 1.70. The van der Waals surface area contributed by atoms with Gasteiger partial charge in [0.25, 0.3) is 0 Å². The molecule has 0 unspecified atom stereocenters. The van der Waals surface area contributed by atoms with E-state index in [2.05, 4.69) is 5.43 Å². The highest BCUT2D eigenvalue weighted by molar-refractivity contribution is 5.90. The van der Waals surface area contributed by atoms with Crippen molar-refractivity contribution in [3.8, 4) is 0 Å². The molecule has 1 rings (SSSR count). The SMILES string of the molecule is CC(C)OC(=O)NN(C(=O)OC(C)C)c1ccc(F)cc1F. The van der Waals surface area contributed by atoms with Crippen LogP contribution < -0.4 is 10.4 Å². The maximum atomic E-state index is 13.8. The van der Waals surface area contributed by atoms with Gasteiger partial charge in [0, 0.05) is 6.07 Å². The van der Waals surface area contributed by atoms with Crippen LogP contribution in [0, 0.1) is 11.6 Å². The molecule has 0 saturated heterocycles. The van der Waals surface area contributed by atoms with Crippen molar-refractivity contribution >= 4 is 17.9 Å². The normalized spacial score (nSPS) is 10.5. The second-order valence-corrected chi connectivity index (χ2v) is 4.93. The molecule has 1 N–H and O–H groups in total. The zero-order valence-corrected chi connectivity index (χ0v) is 12.7. The van der Waals surface area contributed by atoms with E-state index in [0.29, 0.717) is 11.1 Å². The Labute approximate surface area is 127 Å². The summed E-state index contributed by atoms with van der Waals surface area (Å²) in [5.74, 6) is -1.85. The number of carbonyl (C=O) groups excluding carboxylic acids is 2. The Kier molecular flexibility index (Phi) is 6.09. The Morgan fingerprint density at radius 1 is 1.09 bits per heavy atom. The van der Waals surface area contributed by atoms with Crippen LogP contribution in [0.5, 0.6) is 0 Å². The third kappa shape index (κ3) is 5.19. The van der Waals surface area contributed by atoms with Gasteiger partial charge >= 0.3 is 12.2 Å². The minimum absolute atomic E-state index is 0.368. The van der Waals surface area contributed by atoms with Crippen molar-refractivity contribution in [1.29, 1.82) is 0 Å². The lowest BCUT2D eigenvalue weighted by atomic mass is 10.3. The number of halogens is 2. The second-order valence-electron chi connectivity index (χ2n) is 4.93. The van der Waals surface area contributed by atoms with Crippen LogP contribution in [0.15, 0.2) is 18.2 Å². The molecule has 8 heteroatoms. The Balaban J connectivity index is 3.05. The first-order valence-corrected chi connectivity index (χ1v) is 6.63. The molecule has 0 bridgehead atoms. The highest BCUT2D eigenvalue weighted by atomic mass is 19.1. The van der Waals surface area contributed by atoms with Gasteiger partial charge in [-0.2, -0.15) is 5.01 Å².